The first kappa shape index (κ1) is 16.6. The van der Waals surface area contributed by atoms with Crippen LogP contribution >= 0.6 is 46.4 Å². The molecule has 0 spiro atoms. The number of nitrogens with zero attached hydrogens (tertiary/aromatic N) is 3. The molecule has 1 aromatic heterocycles. The van der Waals surface area contributed by atoms with E-state index < -0.39 is 5.60 Å². The Morgan fingerprint density at radius 3 is 2.71 bits per heavy atom. The standard InChI is InChI=1S/C13H11Cl4N3O/c14-5-10(16)4-13(21,6-20-8-18-7-19-20)11-2-1-9(15)3-12(11)17/h1-3,5,7-8,21H,4,6H2/b10-5+. The van der Waals surface area contributed by atoms with Crippen molar-refractivity contribution in [3.63, 3.8) is 0 Å². The van der Waals surface area contributed by atoms with Crippen LogP contribution in [0.2, 0.25) is 10.0 Å². The van der Waals surface area contributed by atoms with Crippen LogP contribution in [0.4, 0.5) is 0 Å². The quantitative estimate of drug-likeness (QED) is 0.863. The molecule has 0 aliphatic heterocycles. The van der Waals surface area contributed by atoms with Crippen molar-refractivity contribution in [1.29, 1.82) is 0 Å². The first-order valence-electron chi connectivity index (χ1n) is 5.90. The normalized spacial score (nSPS) is 15.0. The molecular weight excluding hydrogens is 356 g/mol. The van der Waals surface area contributed by atoms with Crippen LogP contribution in [0.15, 0.2) is 41.4 Å². The zero-order chi connectivity index (χ0) is 15.5. The Balaban J connectivity index is 2.43. The third-order valence-electron chi connectivity index (χ3n) is 2.90. The van der Waals surface area contributed by atoms with E-state index in [1.54, 1.807) is 18.2 Å². The zero-order valence-corrected chi connectivity index (χ0v) is 13.7. The molecule has 0 fully saturated rings. The van der Waals surface area contributed by atoms with E-state index in [0.29, 0.717) is 20.6 Å². The van der Waals surface area contributed by atoms with Crippen molar-refractivity contribution in [1.82, 2.24) is 14.8 Å². The number of benzene rings is 1. The summed E-state index contributed by atoms with van der Waals surface area (Å²) in [6.07, 6.45) is 2.95. The summed E-state index contributed by atoms with van der Waals surface area (Å²) in [7, 11) is 0. The largest absolute Gasteiger partial charge is 0.383 e. The van der Waals surface area contributed by atoms with Crippen LogP contribution in [0.1, 0.15) is 12.0 Å². The van der Waals surface area contributed by atoms with Gasteiger partial charge in [-0.3, -0.25) is 0 Å². The highest BCUT2D eigenvalue weighted by molar-refractivity contribution is 6.36. The molecular formula is C13H11Cl4N3O. The molecule has 0 saturated carbocycles. The maximum atomic E-state index is 11.0. The molecule has 0 aliphatic rings. The molecule has 0 aliphatic carbocycles. The average Bonchev–Trinajstić information content (AvgIpc) is 2.90. The van der Waals surface area contributed by atoms with Crippen molar-refractivity contribution in [2.75, 3.05) is 0 Å². The summed E-state index contributed by atoms with van der Waals surface area (Å²) in [6, 6.07) is 4.86. The van der Waals surface area contributed by atoms with Crippen molar-refractivity contribution in [2.45, 2.75) is 18.6 Å². The van der Waals surface area contributed by atoms with Crippen LogP contribution in [-0.2, 0) is 12.1 Å². The fraction of sp³-hybridized carbons (Fsp3) is 0.231. The van der Waals surface area contributed by atoms with E-state index >= 15 is 0 Å². The lowest BCUT2D eigenvalue weighted by atomic mass is 9.90. The Hall–Kier alpha value is -0.780. The van der Waals surface area contributed by atoms with Crippen molar-refractivity contribution in [2.24, 2.45) is 0 Å². The van der Waals surface area contributed by atoms with E-state index in [1.807, 2.05) is 0 Å². The molecule has 1 heterocycles. The Morgan fingerprint density at radius 1 is 1.38 bits per heavy atom. The lowest BCUT2D eigenvalue weighted by molar-refractivity contribution is 0.0169. The van der Waals surface area contributed by atoms with Gasteiger partial charge in [0.15, 0.2) is 0 Å². The number of halogens is 4. The van der Waals surface area contributed by atoms with Gasteiger partial charge in [0.05, 0.1) is 6.54 Å². The van der Waals surface area contributed by atoms with Crippen LogP contribution in [0.25, 0.3) is 0 Å². The summed E-state index contributed by atoms with van der Waals surface area (Å²) >= 11 is 23.7. The highest BCUT2D eigenvalue weighted by Gasteiger charge is 2.33. The minimum Gasteiger partial charge on any atom is -0.383 e. The average molecular weight is 367 g/mol. The molecule has 4 nitrogen and oxygen atoms in total. The second-order valence-electron chi connectivity index (χ2n) is 4.48. The summed E-state index contributed by atoms with van der Waals surface area (Å²) < 4.78 is 1.49. The minimum atomic E-state index is -1.39. The summed E-state index contributed by atoms with van der Waals surface area (Å²) in [4.78, 5) is 3.85. The predicted molar refractivity (Wildman–Crippen MR) is 84.8 cm³/mol. The Bertz CT molecular complexity index is 645. The van der Waals surface area contributed by atoms with E-state index in [-0.39, 0.29) is 13.0 Å². The molecule has 1 N–H and O–H groups in total. The topological polar surface area (TPSA) is 50.9 Å². The maximum Gasteiger partial charge on any atom is 0.137 e. The minimum absolute atomic E-state index is 0.0826. The smallest absolute Gasteiger partial charge is 0.137 e. The van der Waals surface area contributed by atoms with Crippen LogP contribution in [0, 0.1) is 0 Å². The summed E-state index contributed by atoms with van der Waals surface area (Å²) in [5.41, 5.74) is 0.302. The molecule has 1 unspecified atom stereocenters. The van der Waals surface area contributed by atoms with Gasteiger partial charge < -0.3 is 5.11 Å². The molecule has 8 heteroatoms. The number of hydrogen-bond donors (Lipinski definition) is 1. The van der Waals surface area contributed by atoms with E-state index in [2.05, 4.69) is 10.1 Å². The SMILES string of the molecule is OC(C/C(Cl)=C\Cl)(Cn1cncn1)c1ccc(Cl)cc1Cl. The van der Waals surface area contributed by atoms with Crippen molar-refractivity contribution in [3.8, 4) is 0 Å². The third-order valence-corrected chi connectivity index (χ3v) is 4.07. The molecule has 2 rings (SSSR count). The van der Waals surface area contributed by atoms with Crippen LogP contribution in [0.5, 0.6) is 0 Å². The van der Waals surface area contributed by atoms with Crippen molar-refractivity contribution < 1.29 is 5.11 Å². The highest BCUT2D eigenvalue weighted by atomic mass is 35.5. The van der Waals surface area contributed by atoms with Gasteiger partial charge in [0.2, 0.25) is 0 Å². The summed E-state index contributed by atoms with van der Waals surface area (Å²) in [5.74, 6) is 0. The predicted octanol–water partition coefficient (Wildman–Crippen LogP) is 4.18. The lowest BCUT2D eigenvalue weighted by Gasteiger charge is -2.29. The number of rotatable bonds is 5. The van der Waals surface area contributed by atoms with E-state index in [9.17, 15) is 5.11 Å². The fourth-order valence-electron chi connectivity index (χ4n) is 2.00. The molecule has 2 aromatic rings. The molecule has 0 saturated heterocycles. The first-order valence-corrected chi connectivity index (χ1v) is 7.47. The number of hydrogen-bond acceptors (Lipinski definition) is 3. The maximum absolute atomic E-state index is 11.0. The number of aliphatic hydroxyl groups is 1. The molecule has 0 radical (unpaired) electrons. The van der Waals surface area contributed by atoms with Gasteiger partial charge in [0.25, 0.3) is 0 Å². The molecule has 21 heavy (non-hydrogen) atoms. The van der Waals surface area contributed by atoms with Crippen LogP contribution in [-0.4, -0.2) is 19.9 Å². The van der Waals surface area contributed by atoms with E-state index in [0.717, 1.165) is 0 Å². The van der Waals surface area contributed by atoms with Gasteiger partial charge in [-0.2, -0.15) is 5.10 Å². The monoisotopic (exact) mass is 365 g/mol. The fourth-order valence-corrected chi connectivity index (χ4v) is 2.89. The van der Waals surface area contributed by atoms with Gasteiger partial charge in [-0.15, -0.1) is 0 Å². The Kier molecular flexibility index (Phi) is 5.52. The molecule has 112 valence electrons. The molecule has 1 aromatic carbocycles. The van der Waals surface area contributed by atoms with Gasteiger partial charge in [-0.25, -0.2) is 9.67 Å². The third kappa shape index (κ3) is 4.11. The van der Waals surface area contributed by atoms with Crippen LogP contribution < -0.4 is 0 Å². The van der Waals surface area contributed by atoms with Gasteiger partial charge >= 0.3 is 0 Å². The second-order valence-corrected chi connectivity index (χ2v) is 6.03. The zero-order valence-electron chi connectivity index (χ0n) is 10.7. The highest BCUT2D eigenvalue weighted by Crippen LogP contribution is 2.37. The van der Waals surface area contributed by atoms with Crippen LogP contribution in [0.3, 0.4) is 0 Å². The molecule has 0 amide bonds. The Labute approximate surface area is 141 Å². The van der Waals surface area contributed by atoms with Gasteiger partial charge in [-0.1, -0.05) is 52.5 Å². The summed E-state index contributed by atoms with van der Waals surface area (Å²) in [6.45, 7) is 0.120. The van der Waals surface area contributed by atoms with E-state index in [4.69, 9.17) is 46.4 Å². The van der Waals surface area contributed by atoms with Gasteiger partial charge in [0, 0.05) is 32.6 Å². The Morgan fingerprint density at radius 2 is 2.14 bits per heavy atom. The van der Waals surface area contributed by atoms with Crippen molar-refractivity contribution >= 4 is 46.4 Å². The molecule has 0 bridgehead atoms. The first-order chi connectivity index (χ1) is 9.94. The van der Waals surface area contributed by atoms with Crippen molar-refractivity contribution in [3.05, 3.63) is 57.0 Å². The number of aromatic nitrogens is 3. The second kappa shape index (κ2) is 6.99. The lowest BCUT2D eigenvalue weighted by Crippen LogP contribution is -2.32. The van der Waals surface area contributed by atoms with Gasteiger partial charge in [-0.05, 0) is 12.1 Å². The van der Waals surface area contributed by atoms with E-state index in [1.165, 1.54) is 22.9 Å². The summed E-state index contributed by atoms with van der Waals surface area (Å²) in [5, 5.41) is 16.1. The van der Waals surface area contributed by atoms with Gasteiger partial charge in [0.1, 0.15) is 18.3 Å². The molecule has 1 atom stereocenters.